The Morgan fingerprint density at radius 2 is 1.78 bits per heavy atom. The van der Waals surface area contributed by atoms with Crippen LogP contribution in [0.4, 0.5) is 8.78 Å². The zero-order valence-corrected chi connectivity index (χ0v) is 27.7. The minimum atomic E-state index is -3.77. The molecule has 2 aromatic rings. The molecule has 3 atom stereocenters. The summed E-state index contributed by atoms with van der Waals surface area (Å²) in [6.45, 7) is 6.16. The number of benzene rings is 2. The lowest BCUT2D eigenvalue weighted by molar-refractivity contribution is -0.137. The standard InChI is InChI=1S/C35H45F2N3O5S/c1-33(2)19-35(37,21-38-20-33)32(42)39-24-11-12-25(18-24)45-29-13-10-22(17-30(41)40-46(43,44)34(3)14-15-34)16-27(29)26-8-5-9-28(36)31(26)23-6-4-7-23/h5,8-10,13,16,23-25,38H,4,6-7,11-12,14-15,17-21H2,1-3H3,(H,39,42)(H,40,41)/t24-,25-,35+/m1/s1. The number of amides is 2. The van der Waals surface area contributed by atoms with E-state index in [-0.39, 0.29) is 48.7 Å². The molecule has 1 aliphatic heterocycles. The van der Waals surface area contributed by atoms with Gasteiger partial charge in [0.05, 0.1) is 11.2 Å². The van der Waals surface area contributed by atoms with E-state index < -0.39 is 32.3 Å². The minimum Gasteiger partial charge on any atom is -0.490 e. The first-order valence-electron chi connectivity index (χ1n) is 16.5. The number of carbonyl (C=O) groups is 2. The van der Waals surface area contributed by atoms with E-state index in [2.05, 4.69) is 15.4 Å². The molecule has 0 radical (unpaired) electrons. The maximum Gasteiger partial charge on any atom is 0.259 e. The van der Waals surface area contributed by atoms with Crippen molar-refractivity contribution in [1.29, 1.82) is 0 Å². The van der Waals surface area contributed by atoms with Gasteiger partial charge in [0.25, 0.3) is 5.91 Å². The van der Waals surface area contributed by atoms with E-state index in [1.54, 1.807) is 31.2 Å². The van der Waals surface area contributed by atoms with Gasteiger partial charge in [-0.1, -0.05) is 38.5 Å². The normalized spacial score (nSPS) is 27.0. The van der Waals surface area contributed by atoms with Gasteiger partial charge in [0.1, 0.15) is 17.7 Å². The van der Waals surface area contributed by atoms with Crippen LogP contribution in [0.3, 0.4) is 0 Å². The van der Waals surface area contributed by atoms with Gasteiger partial charge in [0.2, 0.25) is 21.6 Å². The second-order valence-corrected chi connectivity index (χ2v) is 17.1. The first-order chi connectivity index (χ1) is 21.7. The second kappa shape index (κ2) is 12.2. The molecule has 8 nitrogen and oxygen atoms in total. The summed E-state index contributed by atoms with van der Waals surface area (Å²) in [5.41, 5.74) is 0.227. The van der Waals surface area contributed by atoms with Crippen LogP contribution in [0.5, 0.6) is 5.75 Å². The van der Waals surface area contributed by atoms with E-state index in [1.165, 1.54) is 6.07 Å². The molecule has 1 heterocycles. The zero-order valence-electron chi connectivity index (χ0n) is 26.9. The van der Waals surface area contributed by atoms with Crippen molar-refractivity contribution in [3.63, 3.8) is 0 Å². The molecule has 2 aromatic carbocycles. The van der Waals surface area contributed by atoms with Crippen LogP contribution in [0, 0.1) is 11.2 Å². The Kier molecular flexibility index (Phi) is 8.72. The summed E-state index contributed by atoms with van der Waals surface area (Å²) in [7, 11) is -3.77. The Labute approximate surface area is 270 Å². The van der Waals surface area contributed by atoms with Crippen molar-refractivity contribution in [3.05, 3.63) is 53.3 Å². The summed E-state index contributed by atoms with van der Waals surface area (Å²) in [5, 5.41) is 5.98. The Morgan fingerprint density at radius 1 is 1.02 bits per heavy atom. The molecule has 3 saturated carbocycles. The summed E-state index contributed by atoms with van der Waals surface area (Å²) in [6.07, 6.45) is 5.34. The highest BCUT2D eigenvalue weighted by atomic mass is 32.2. The first kappa shape index (κ1) is 32.9. The van der Waals surface area contributed by atoms with Crippen molar-refractivity contribution in [2.24, 2.45) is 5.41 Å². The van der Waals surface area contributed by atoms with Gasteiger partial charge in [-0.05, 0) is 98.1 Å². The predicted molar refractivity (Wildman–Crippen MR) is 172 cm³/mol. The number of piperidine rings is 1. The quantitative estimate of drug-likeness (QED) is 0.314. The lowest BCUT2D eigenvalue weighted by Gasteiger charge is -2.39. The van der Waals surface area contributed by atoms with Crippen LogP contribution in [0.1, 0.15) is 95.6 Å². The molecule has 11 heteroatoms. The van der Waals surface area contributed by atoms with Crippen LogP contribution >= 0.6 is 0 Å². The number of ether oxygens (including phenoxy) is 1. The van der Waals surface area contributed by atoms with Crippen LogP contribution in [0.15, 0.2) is 36.4 Å². The Morgan fingerprint density at radius 3 is 2.46 bits per heavy atom. The SMILES string of the molecule is CC1(C)CNC[C@](F)(C(=O)N[C@@H]2CC[C@@H](Oc3ccc(CC(=O)NS(=O)(=O)C4(C)CC4)cc3-c3cccc(F)c3C3CCC3)C2)C1. The van der Waals surface area contributed by atoms with E-state index in [0.29, 0.717) is 66.7 Å². The number of hydrogen-bond acceptors (Lipinski definition) is 6. The molecule has 0 spiro atoms. The Bertz CT molecular complexity index is 1620. The average molecular weight is 658 g/mol. The Hall–Kier alpha value is -3.05. The van der Waals surface area contributed by atoms with Crippen LogP contribution in [-0.4, -0.2) is 55.9 Å². The van der Waals surface area contributed by atoms with Gasteiger partial charge in [-0.3, -0.25) is 14.3 Å². The molecule has 0 bridgehead atoms. The Balaban J connectivity index is 1.21. The molecule has 3 aliphatic carbocycles. The lowest BCUT2D eigenvalue weighted by Crippen LogP contribution is -2.59. The van der Waals surface area contributed by atoms with Crippen molar-refractivity contribution in [2.45, 2.75) is 113 Å². The molecule has 0 aromatic heterocycles. The highest BCUT2D eigenvalue weighted by molar-refractivity contribution is 7.91. The summed E-state index contributed by atoms with van der Waals surface area (Å²) in [4.78, 5) is 25.9. The van der Waals surface area contributed by atoms with Crippen LogP contribution in [0.25, 0.3) is 11.1 Å². The van der Waals surface area contributed by atoms with Gasteiger partial charge in [0.15, 0.2) is 0 Å². The van der Waals surface area contributed by atoms with Gasteiger partial charge in [0, 0.05) is 31.1 Å². The second-order valence-electron chi connectivity index (χ2n) is 14.9. The number of carbonyl (C=O) groups excluding carboxylic acids is 2. The van der Waals surface area contributed by atoms with E-state index in [0.717, 1.165) is 19.3 Å². The third-order valence-corrected chi connectivity index (χ3v) is 12.5. The monoisotopic (exact) mass is 657 g/mol. The van der Waals surface area contributed by atoms with E-state index >= 15 is 8.78 Å². The number of nitrogens with one attached hydrogen (secondary N) is 3. The first-order valence-corrected chi connectivity index (χ1v) is 18.0. The highest BCUT2D eigenvalue weighted by Crippen LogP contribution is 2.46. The highest BCUT2D eigenvalue weighted by Gasteiger charge is 2.51. The van der Waals surface area contributed by atoms with E-state index in [4.69, 9.17) is 4.74 Å². The number of sulfonamides is 1. The van der Waals surface area contributed by atoms with E-state index in [9.17, 15) is 18.0 Å². The van der Waals surface area contributed by atoms with Crippen LogP contribution < -0.4 is 20.1 Å². The zero-order chi connectivity index (χ0) is 32.9. The molecule has 6 rings (SSSR count). The third-order valence-electron chi connectivity index (χ3n) is 10.3. The molecule has 1 saturated heterocycles. The van der Waals surface area contributed by atoms with Crippen molar-refractivity contribution < 1.29 is 31.5 Å². The van der Waals surface area contributed by atoms with Crippen molar-refractivity contribution in [1.82, 2.24) is 15.4 Å². The van der Waals surface area contributed by atoms with E-state index in [1.807, 2.05) is 19.9 Å². The smallest absolute Gasteiger partial charge is 0.259 e. The van der Waals surface area contributed by atoms with Crippen LogP contribution in [0.2, 0.25) is 0 Å². The largest absolute Gasteiger partial charge is 0.490 e. The molecule has 2 amide bonds. The maximum atomic E-state index is 15.7. The molecule has 46 heavy (non-hydrogen) atoms. The number of halogens is 2. The number of alkyl halides is 1. The topological polar surface area (TPSA) is 114 Å². The summed E-state index contributed by atoms with van der Waals surface area (Å²) in [5.74, 6) is -0.902. The third kappa shape index (κ3) is 6.81. The summed E-state index contributed by atoms with van der Waals surface area (Å²) >= 11 is 0. The average Bonchev–Trinajstić information content (AvgIpc) is 3.56. The fourth-order valence-corrected chi connectivity index (χ4v) is 8.40. The molecular formula is C35H45F2N3O5S. The van der Waals surface area contributed by atoms with Gasteiger partial charge >= 0.3 is 0 Å². The summed E-state index contributed by atoms with van der Waals surface area (Å²) in [6, 6.07) is 10.0. The van der Waals surface area contributed by atoms with Gasteiger partial charge in [-0.15, -0.1) is 0 Å². The minimum absolute atomic E-state index is 0.00907. The summed E-state index contributed by atoms with van der Waals surface area (Å²) < 4.78 is 64.1. The fraction of sp³-hybridized carbons (Fsp3) is 0.600. The molecule has 4 fully saturated rings. The van der Waals surface area contributed by atoms with Crippen LogP contribution in [-0.2, 0) is 26.0 Å². The van der Waals surface area contributed by atoms with Gasteiger partial charge in [-0.2, -0.15) is 0 Å². The molecule has 4 aliphatic rings. The maximum absolute atomic E-state index is 15.7. The number of hydrogen-bond donors (Lipinski definition) is 3. The molecular weight excluding hydrogens is 612 g/mol. The lowest BCUT2D eigenvalue weighted by atomic mass is 9.76. The fourth-order valence-electron chi connectivity index (χ4n) is 7.14. The molecule has 3 N–H and O–H groups in total. The number of rotatable bonds is 10. The van der Waals surface area contributed by atoms with Crippen molar-refractivity contribution >= 4 is 21.8 Å². The van der Waals surface area contributed by atoms with Crippen molar-refractivity contribution in [2.75, 3.05) is 13.1 Å². The predicted octanol–water partition coefficient (Wildman–Crippen LogP) is 5.45. The molecule has 250 valence electrons. The molecule has 0 unspecified atom stereocenters. The van der Waals surface area contributed by atoms with Gasteiger partial charge in [-0.25, -0.2) is 17.2 Å². The van der Waals surface area contributed by atoms with Crippen molar-refractivity contribution in [3.8, 4) is 16.9 Å². The van der Waals surface area contributed by atoms with Gasteiger partial charge < -0.3 is 15.4 Å².